The molecule has 0 fully saturated rings. The van der Waals surface area contributed by atoms with Gasteiger partial charge in [-0.2, -0.15) is 4.98 Å². The Morgan fingerprint density at radius 2 is 1.56 bits per heavy atom. The van der Waals surface area contributed by atoms with Crippen LogP contribution in [0.1, 0.15) is 24.2 Å². The Labute approximate surface area is 234 Å². The maximum atomic E-state index is 13.1. The summed E-state index contributed by atoms with van der Waals surface area (Å²) in [6.45, 7) is 1.31. The number of rotatable bonds is 11. The Morgan fingerprint density at radius 3 is 2.12 bits per heavy atom. The van der Waals surface area contributed by atoms with E-state index in [9.17, 15) is 40.5 Å². The first-order valence-electron chi connectivity index (χ1n) is 11.6. The number of nitrogens with zero attached hydrogens (tertiary/aromatic N) is 4. The van der Waals surface area contributed by atoms with Gasteiger partial charge in [-0.15, -0.1) is 10.2 Å². The molecule has 0 radical (unpaired) electrons. The van der Waals surface area contributed by atoms with Crippen molar-refractivity contribution < 1.29 is 54.4 Å². The zero-order valence-electron chi connectivity index (χ0n) is 21.0. The number of para-hydroxylation sites is 1. The van der Waals surface area contributed by atoms with Crippen LogP contribution in [-0.4, -0.2) is 74.4 Å². The smallest absolute Gasteiger partial charge is 0.453 e. The van der Waals surface area contributed by atoms with E-state index in [0.29, 0.717) is 5.02 Å². The molecule has 0 aliphatic carbocycles. The van der Waals surface area contributed by atoms with Gasteiger partial charge in [0.2, 0.25) is 11.8 Å². The molecule has 0 unspecified atom stereocenters. The quantitative estimate of drug-likeness (QED) is 0.110. The Bertz CT molecular complexity index is 1540. The molecule has 2 aromatic heterocycles. The second-order valence-corrected chi connectivity index (χ2v) is 8.70. The fraction of sp³-hybridized carbons (Fsp3) is 0.250. The van der Waals surface area contributed by atoms with Gasteiger partial charge in [0.15, 0.2) is 17.1 Å². The average Bonchev–Trinajstić information content (AvgIpc) is 3.31. The number of halogens is 1. The monoisotopic (exact) mass is 594 g/mol. The molecule has 0 aliphatic heterocycles. The minimum absolute atomic E-state index is 0.0510. The topological polar surface area (TPSA) is 243 Å². The number of benzene rings is 2. The third kappa shape index (κ3) is 7.34. The molecule has 2 heterocycles. The van der Waals surface area contributed by atoms with Gasteiger partial charge >= 0.3 is 12.3 Å². The van der Waals surface area contributed by atoms with E-state index in [4.69, 9.17) is 30.2 Å². The third-order valence-electron chi connectivity index (χ3n) is 5.20. The van der Waals surface area contributed by atoms with Crippen molar-refractivity contribution in [2.45, 2.75) is 32.3 Å². The van der Waals surface area contributed by atoms with Crippen molar-refractivity contribution in [2.24, 2.45) is 0 Å². The molecule has 4 rings (SSSR count). The summed E-state index contributed by atoms with van der Waals surface area (Å²) in [7, 11) is 0. The standard InChI is InChI=1S/C24H23ClN4O12/c1-2-38-11-16-26-20(30)18(21-28-27-17(39-21)10-12-6-8-13(25)9-7-12)22(31)29(16)19-14(40-23(32,33)34)4-3-5-15(19)41-24(35,36)37/h3-9,31-37H,2,10-11H2,1H3. The lowest BCUT2D eigenvalue weighted by Crippen LogP contribution is -2.36. The highest BCUT2D eigenvalue weighted by molar-refractivity contribution is 6.30. The fourth-order valence-electron chi connectivity index (χ4n) is 3.65. The molecule has 2 aromatic carbocycles. The van der Waals surface area contributed by atoms with Crippen molar-refractivity contribution >= 4 is 11.6 Å². The van der Waals surface area contributed by atoms with Crippen LogP contribution in [0.4, 0.5) is 0 Å². The van der Waals surface area contributed by atoms with E-state index in [0.717, 1.165) is 28.3 Å². The molecule has 0 aliphatic rings. The molecular formula is C24H23ClN4O12. The van der Waals surface area contributed by atoms with Crippen LogP contribution in [0.15, 0.2) is 51.7 Å². The number of aromatic hydroxyl groups is 1. The summed E-state index contributed by atoms with van der Waals surface area (Å²) < 4.78 is 21.1. The predicted octanol–water partition coefficient (Wildman–Crippen LogP) is -0.297. The number of aromatic nitrogens is 4. The van der Waals surface area contributed by atoms with Gasteiger partial charge in [-0.25, -0.2) is 0 Å². The third-order valence-corrected chi connectivity index (χ3v) is 5.45. The maximum absolute atomic E-state index is 13.1. The number of aliphatic hydroxyl groups is 6. The van der Waals surface area contributed by atoms with Crippen LogP contribution in [0.3, 0.4) is 0 Å². The second-order valence-electron chi connectivity index (χ2n) is 8.26. The molecule has 7 N–H and O–H groups in total. The summed E-state index contributed by atoms with van der Waals surface area (Å²) in [6.07, 6.45) is -7.42. The van der Waals surface area contributed by atoms with E-state index in [1.54, 1.807) is 31.2 Å². The van der Waals surface area contributed by atoms with Crippen molar-refractivity contribution in [3.63, 3.8) is 0 Å². The fourth-order valence-corrected chi connectivity index (χ4v) is 3.78. The minimum Gasteiger partial charge on any atom is -0.493 e. The van der Waals surface area contributed by atoms with E-state index in [1.807, 2.05) is 0 Å². The van der Waals surface area contributed by atoms with E-state index >= 15 is 0 Å². The Balaban J connectivity index is 1.93. The number of hydrogen-bond donors (Lipinski definition) is 7. The molecular weight excluding hydrogens is 572 g/mol. The van der Waals surface area contributed by atoms with Crippen LogP contribution in [0, 0.1) is 0 Å². The van der Waals surface area contributed by atoms with Crippen LogP contribution >= 0.6 is 11.6 Å². The lowest BCUT2D eigenvalue weighted by atomic mass is 10.1. The van der Waals surface area contributed by atoms with E-state index in [1.165, 1.54) is 0 Å². The zero-order chi connectivity index (χ0) is 29.9. The van der Waals surface area contributed by atoms with Gasteiger partial charge in [-0.3, -0.25) is 9.36 Å². The van der Waals surface area contributed by atoms with Gasteiger partial charge in [0.25, 0.3) is 11.4 Å². The Kier molecular flexibility index (Phi) is 8.57. The van der Waals surface area contributed by atoms with Crippen LogP contribution in [0.25, 0.3) is 17.1 Å². The normalized spacial score (nSPS) is 12.0. The predicted molar refractivity (Wildman–Crippen MR) is 134 cm³/mol. The summed E-state index contributed by atoms with van der Waals surface area (Å²) in [5.41, 5.74) is -1.55. The first kappa shape index (κ1) is 29.8. The van der Waals surface area contributed by atoms with E-state index in [2.05, 4.69) is 15.2 Å². The van der Waals surface area contributed by atoms with Crippen molar-refractivity contribution in [3.05, 3.63) is 75.1 Å². The summed E-state index contributed by atoms with van der Waals surface area (Å²) in [6, 6.07) is 9.93. The van der Waals surface area contributed by atoms with Gasteiger partial charge in [0.05, 0.1) is 6.42 Å². The highest BCUT2D eigenvalue weighted by atomic mass is 35.5. The average molecular weight is 595 g/mol. The summed E-state index contributed by atoms with van der Waals surface area (Å²) >= 11 is 5.90. The lowest BCUT2D eigenvalue weighted by Gasteiger charge is -2.25. The van der Waals surface area contributed by atoms with E-state index in [-0.39, 0.29) is 24.7 Å². The largest absolute Gasteiger partial charge is 0.493 e. The van der Waals surface area contributed by atoms with Crippen molar-refractivity contribution in [2.75, 3.05) is 6.61 Å². The number of ether oxygens (including phenoxy) is 3. The van der Waals surface area contributed by atoms with Gasteiger partial charge in [-0.1, -0.05) is 29.8 Å². The molecule has 218 valence electrons. The first-order chi connectivity index (χ1) is 19.3. The first-order valence-corrected chi connectivity index (χ1v) is 12.0. The highest BCUT2D eigenvalue weighted by Crippen LogP contribution is 2.40. The van der Waals surface area contributed by atoms with Crippen LogP contribution in [-0.2, 0) is 17.8 Å². The summed E-state index contributed by atoms with van der Waals surface area (Å²) in [4.78, 5) is 17.0. The van der Waals surface area contributed by atoms with Crippen molar-refractivity contribution in [3.8, 4) is 34.5 Å². The molecule has 4 aromatic rings. The molecule has 0 saturated carbocycles. The summed E-state index contributed by atoms with van der Waals surface area (Å²) in [5, 5.41) is 76.3. The lowest BCUT2D eigenvalue weighted by molar-refractivity contribution is -0.420. The SMILES string of the molecule is CCOCc1nc(=O)c(-c2nnc(Cc3ccc(Cl)cc3)o2)c(O)n1-c1c(OC(O)(O)O)cccc1OC(O)(O)O. The maximum Gasteiger partial charge on any atom is 0.453 e. The van der Waals surface area contributed by atoms with Crippen LogP contribution in [0.5, 0.6) is 17.4 Å². The van der Waals surface area contributed by atoms with Crippen molar-refractivity contribution in [1.82, 2.24) is 19.7 Å². The highest BCUT2D eigenvalue weighted by Gasteiger charge is 2.32. The van der Waals surface area contributed by atoms with Crippen LogP contribution in [0.2, 0.25) is 5.02 Å². The van der Waals surface area contributed by atoms with Gasteiger partial charge < -0.3 is 54.4 Å². The molecule has 41 heavy (non-hydrogen) atoms. The van der Waals surface area contributed by atoms with Gasteiger partial charge in [-0.05, 0) is 36.8 Å². The molecule has 16 nitrogen and oxygen atoms in total. The molecule has 0 spiro atoms. The molecule has 17 heteroatoms. The second kappa shape index (κ2) is 11.8. The minimum atomic E-state index is -3.78. The van der Waals surface area contributed by atoms with Gasteiger partial charge in [0.1, 0.15) is 18.1 Å². The van der Waals surface area contributed by atoms with Crippen molar-refractivity contribution in [1.29, 1.82) is 0 Å². The Hall–Kier alpha value is -4.13. The summed E-state index contributed by atoms with van der Waals surface area (Å²) in [5.74, 6) is -3.09. The molecule has 0 bridgehead atoms. The zero-order valence-corrected chi connectivity index (χ0v) is 21.8. The molecule has 0 amide bonds. The van der Waals surface area contributed by atoms with Gasteiger partial charge in [0, 0.05) is 11.6 Å². The molecule has 0 atom stereocenters. The molecule has 0 saturated heterocycles. The number of hydrogen-bond acceptors (Lipinski definition) is 15. The van der Waals surface area contributed by atoms with E-state index < -0.39 is 59.0 Å². The van der Waals surface area contributed by atoms with Crippen LogP contribution < -0.4 is 15.0 Å². The Morgan fingerprint density at radius 1 is 0.951 bits per heavy atom.